The highest BCUT2D eigenvalue weighted by molar-refractivity contribution is 7.90. The van der Waals surface area contributed by atoms with Crippen molar-refractivity contribution in [2.45, 2.75) is 11.8 Å². The zero-order chi connectivity index (χ0) is 18.2. The van der Waals surface area contributed by atoms with Gasteiger partial charge in [0.15, 0.2) is 9.84 Å². The fourth-order valence-electron chi connectivity index (χ4n) is 2.42. The third-order valence-electron chi connectivity index (χ3n) is 3.78. The Labute approximate surface area is 143 Å². The van der Waals surface area contributed by atoms with Gasteiger partial charge in [-0.1, -0.05) is 6.07 Å². The van der Waals surface area contributed by atoms with E-state index in [1.54, 1.807) is 25.1 Å². The Kier molecular flexibility index (Phi) is 4.13. The predicted molar refractivity (Wildman–Crippen MR) is 94.6 cm³/mol. The first-order valence-electron chi connectivity index (χ1n) is 7.35. The Morgan fingerprint density at radius 2 is 1.92 bits per heavy atom. The minimum Gasteiger partial charge on any atom is -0.322 e. The molecule has 0 aliphatic rings. The first kappa shape index (κ1) is 16.8. The molecule has 1 heterocycles. The van der Waals surface area contributed by atoms with Gasteiger partial charge in [-0.15, -0.1) is 0 Å². The lowest BCUT2D eigenvalue weighted by Crippen LogP contribution is -2.15. The number of aryl methyl sites for hydroxylation is 1. The molecule has 0 fully saturated rings. The minimum atomic E-state index is -3.42. The van der Waals surface area contributed by atoms with Gasteiger partial charge in [0.05, 0.1) is 22.1 Å². The van der Waals surface area contributed by atoms with Gasteiger partial charge >= 0.3 is 0 Å². The average molecular weight is 357 g/mol. The van der Waals surface area contributed by atoms with Gasteiger partial charge in [0.25, 0.3) is 11.5 Å². The number of carbonyl (C=O) groups excluding carboxylic acids is 1. The Hall–Kier alpha value is -3.00. The number of H-pyrrole nitrogens is 1. The molecular weight excluding hydrogens is 342 g/mol. The SMILES string of the molecule is Cc1ccc(S(C)(=O)=O)cc1C(=O)Nc1ccc2nc[nH]c(=O)c2c1. The van der Waals surface area contributed by atoms with Gasteiger partial charge in [0, 0.05) is 17.5 Å². The first-order chi connectivity index (χ1) is 11.8. The number of benzene rings is 2. The second-order valence-electron chi connectivity index (χ2n) is 5.67. The second kappa shape index (κ2) is 6.14. The molecule has 0 aliphatic carbocycles. The van der Waals surface area contributed by atoms with Crippen LogP contribution >= 0.6 is 0 Å². The van der Waals surface area contributed by atoms with Gasteiger partial charge in [-0.3, -0.25) is 9.59 Å². The van der Waals surface area contributed by atoms with Crippen LogP contribution in [-0.4, -0.2) is 30.5 Å². The number of sulfone groups is 1. The molecule has 0 atom stereocenters. The van der Waals surface area contributed by atoms with Crippen molar-refractivity contribution in [3.05, 3.63) is 64.2 Å². The molecule has 8 heteroatoms. The molecule has 3 rings (SSSR count). The molecule has 1 amide bonds. The molecule has 7 nitrogen and oxygen atoms in total. The van der Waals surface area contributed by atoms with Crippen LogP contribution in [0.15, 0.2) is 52.4 Å². The predicted octanol–water partition coefficient (Wildman–Crippen LogP) is 1.89. The summed E-state index contributed by atoms with van der Waals surface area (Å²) in [7, 11) is -3.42. The molecule has 0 saturated heterocycles. The van der Waals surface area contributed by atoms with Crippen LogP contribution in [0.3, 0.4) is 0 Å². The van der Waals surface area contributed by atoms with Gasteiger partial charge in [-0.2, -0.15) is 0 Å². The molecule has 0 spiro atoms. The fourth-order valence-corrected chi connectivity index (χ4v) is 3.07. The summed E-state index contributed by atoms with van der Waals surface area (Å²) in [5.41, 5.74) is 1.52. The Balaban J connectivity index is 1.98. The lowest BCUT2D eigenvalue weighted by molar-refractivity contribution is 0.102. The van der Waals surface area contributed by atoms with Crippen LogP contribution < -0.4 is 10.9 Å². The van der Waals surface area contributed by atoms with Crippen LogP contribution in [0.4, 0.5) is 5.69 Å². The molecule has 3 aromatic rings. The number of aromatic nitrogens is 2. The maximum Gasteiger partial charge on any atom is 0.258 e. The monoisotopic (exact) mass is 357 g/mol. The van der Waals surface area contributed by atoms with Crippen molar-refractivity contribution >= 4 is 32.3 Å². The number of rotatable bonds is 3. The number of aromatic amines is 1. The molecule has 0 radical (unpaired) electrons. The number of nitrogens with one attached hydrogen (secondary N) is 2. The van der Waals surface area contributed by atoms with Crippen LogP contribution in [0.5, 0.6) is 0 Å². The van der Waals surface area contributed by atoms with Gasteiger partial charge in [-0.25, -0.2) is 13.4 Å². The second-order valence-corrected chi connectivity index (χ2v) is 7.68. The van der Waals surface area contributed by atoms with E-state index in [2.05, 4.69) is 15.3 Å². The number of fused-ring (bicyclic) bond motifs is 1. The molecule has 2 aromatic carbocycles. The van der Waals surface area contributed by atoms with Crippen LogP contribution in [0.2, 0.25) is 0 Å². The highest BCUT2D eigenvalue weighted by Crippen LogP contribution is 2.19. The van der Waals surface area contributed by atoms with Gasteiger partial charge in [-0.05, 0) is 42.8 Å². The number of hydrogen-bond donors (Lipinski definition) is 2. The van der Waals surface area contributed by atoms with Crippen molar-refractivity contribution in [3.8, 4) is 0 Å². The standard InChI is InChI=1S/C17H15N3O4S/c1-10-3-5-12(25(2,23)24)8-13(10)17(22)20-11-4-6-15-14(7-11)16(21)19-9-18-15/h3-9H,1-2H3,(H,20,22)(H,18,19,21). The van der Waals surface area contributed by atoms with Crippen LogP contribution in [0.1, 0.15) is 15.9 Å². The average Bonchev–Trinajstić information content (AvgIpc) is 2.55. The summed E-state index contributed by atoms with van der Waals surface area (Å²) >= 11 is 0. The van der Waals surface area contributed by atoms with E-state index < -0.39 is 15.7 Å². The summed E-state index contributed by atoms with van der Waals surface area (Å²) in [6, 6.07) is 9.16. The molecular formula is C17H15N3O4S. The van der Waals surface area contributed by atoms with Gasteiger partial charge < -0.3 is 10.3 Å². The summed E-state index contributed by atoms with van der Waals surface area (Å²) in [6.45, 7) is 1.72. The minimum absolute atomic E-state index is 0.0717. The summed E-state index contributed by atoms with van der Waals surface area (Å²) in [4.78, 5) is 30.9. The zero-order valence-electron chi connectivity index (χ0n) is 13.5. The quantitative estimate of drug-likeness (QED) is 0.744. The molecule has 128 valence electrons. The number of amides is 1. The van der Waals surface area contributed by atoms with Crippen LogP contribution in [-0.2, 0) is 9.84 Å². The highest BCUT2D eigenvalue weighted by Gasteiger charge is 2.15. The number of hydrogen-bond acceptors (Lipinski definition) is 5. The lowest BCUT2D eigenvalue weighted by Gasteiger charge is -2.10. The van der Waals surface area contributed by atoms with Gasteiger partial charge in [0.1, 0.15) is 0 Å². The Bertz CT molecular complexity index is 1150. The van der Waals surface area contributed by atoms with Crippen molar-refractivity contribution < 1.29 is 13.2 Å². The molecule has 0 unspecified atom stereocenters. The van der Waals surface area contributed by atoms with E-state index in [1.807, 2.05) is 0 Å². The maximum atomic E-state index is 12.5. The number of nitrogens with zero attached hydrogens (tertiary/aromatic N) is 1. The molecule has 2 N–H and O–H groups in total. The van der Waals surface area contributed by atoms with E-state index in [9.17, 15) is 18.0 Å². The van der Waals surface area contributed by atoms with Gasteiger partial charge in [0.2, 0.25) is 0 Å². The van der Waals surface area contributed by atoms with E-state index in [0.29, 0.717) is 22.2 Å². The first-order valence-corrected chi connectivity index (χ1v) is 9.24. The van der Waals surface area contributed by atoms with Crippen LogP contribution in [0.25, 0.3) is 10.9 Å². The smallest absolute Gasteiger partial charge is 0.258 e. The van der Waals surface area contributed by atoms with Crippen molar-refractivity contribution in [1.29, 1.82) is 0 Å². The normalized spacial score (nSPS) is 11.4. The Morgan fingerprint density at radius 3 is 2.64 bits per heavy atom. The molecule has 0 bridgehead atoms. The third-order valence-corrected chi connectivity index (χ3v) is 4.89. The largest absolute Gasteiger partial charge is 0.322 e. The van der Waals surface area contributed by atoms with Crippen LogP contribution in [0, 0.1) is 6.92 Å². The summed E-state index contributed by atoms with van der Waals surface area (Å²) in [5, 5.41) is 3.03. The molecule has 1 aromatic heterocycles. The van der Waals surface area contributed by atoms with Crippen molar-refractivity contribution in [2.24, 2.45) is 0 Å². The van der Waals surface area contributed by atoms with E-state index in [4.69, 9.17) is 0 Å². The van der Waals surface area contributed by atoms with Crippen molar-refractivity contribution in [3.63, 3.8) is 0 Å². The fraction of sp³-hybridized carbons (Fsp3) is 0.118. The Morgan fingerprint density at radius 1 is 1.16 bits per heavy atom. The van der Waals surface area contributed by atoms with E-state index in [0.717, 1.165) is 6.26 Å². The topological polar surface area (TPSA) is 109 Å². The molecule has 0 aliphatic heterocycles. The zero-order valence-corrected chi connectivity index (χ0v) is 14.3. The third kappa shape index (κ3) is 3.43. The van der Waals surface area contributed by atoms with Crippen molar-refractivity contribution in [2.75, 3.05) is 11.6 Å². The molecule has 0 saturated carbocycles. The highest BCUT2D eigenvalue weighted by atomic mass is 32.2. The summed E-state index contributed by atoms with van der Waals surface area (Å²) < 4.78 is 23.4. The van der Waals surface area contributed by atoms with E-state index in [-0.39, 0.29) is 16.0 Å². The van der Waals surface area contributed by atoms with Crippen molar-refractivity contribution in [1.82, 2.24) is 9.97 Å². The van der Waals surface area contributed by atoms with E-state index >= 15 is 0 Å². The lowest BCUT2D eigenvalue weighted by atomic mass is 10.1. The number of carbonyl (C=O) groups is 1. The van der Waals surface area contributed by atoms with E-state index in [1.165, 1.54) is 24.5 Å². The summed E-state index contributed by atoms with van der Waals surface area (Å²) in [5.74, 6) is -0.456. The maximum absolute atomic E-state index is 12.5. The number of anilines is 1. The molecule has 25 heavy (non-hydrogen) atoms. The summed E-state index contributed by atoms with van der Waals surface area (Å²) in [6.07, 6.45) is 2.39.